The van der Waals surface area contributed by atoms with Crippen LogP contribution in [0.15, 0.2) is 47.4 Å². The van der Waals surface area contributed by atoms with E-state index in [-0.39, 0.29) is 6.61 Å². The highest BCUT2D eigenvalue weighted by Crippen LogP contribution is 2.35. The Morgan fingerprint density at radius 2 is 1.85 bits per heavy atom. The molecule has 2 aromatic rings. The van der Waals surface area contributed by atoms with E-state index in [0.717, 1.165) is 30.3 Å². The van der Waals surface area contributed by atoms with Gasteiger partial charge in [-0.3, -0.25) is 10.1 Å². The molecule has 0 aliphatic carbocycles. The van der Waals surface area contributed by atoms with Crippen molar-refractivity contribution in [2.45, 2.75) is 23.8 Å². The number of rotatable bonds is 11. The maximum absolute atomic E-state index is 14.6. The van der Waals surface area contributed by atoms with Crippen molar-refractivity contribution < 1.29 is 45.2 Å². The van der Waals surface area contributed by atoms with Gasteiger partial charge in [0.1, 0.15) is 12.1 Å². The first kappa shape index (κ1) is 26.2. The number of carbonyl (C=O) groups excluding carboxylic acids is 1. The van der Waals surface area contributed by atoms with Gasteiger partial charge < -0.3 is 9.47 Å². The molecule has 0 heterocycles. The Bertz CT molecular complexity index is 1130. The minimum absolute atomic E-state index is 0.0645. The SMILES string of the molecule is CCOC(=O)COC[C@](NS(=O)(=O)c1ccccc1[N+](=O)[O-])(c1cccc(F)c1F)C(F)F. The number of benzene rings is 2. The summed E-state index contributed by atoms with van der Waals surface area (Å²) >= 11 is 0. The quantitative estimate of drug-likeness (QED) is 0.220. The molecule has 9 nitrogen and oxygen atoms in total. The lowest BCUT2D eigenvalue weighted by Crippen LogP contribution is -2.55. The third-order valence-corrected chi connectivity index (χ3v) is 5.88. The van der Waals surface area contributed by atoms with Crippen LogP contribution in [0.25, 0.3) is 0 Å². The molecule has 1 N–H and O–H groups in total. The summed E-state index contributed by atoms with van der Waals surface area (Å²) < 4.78 is 94.0. The third kappa shape index (κ3) is 5.83. The molecular formula is C19H18F4N2O7S. The van der Waals surface area contributed by atoms with Crippen molar-refractivity contribution in [3.8, 4) is 0 Å². The van der Waals surface area contributed by atoms with E-state index in [9.17, 15) is 40.9 Å². The Kier molecular flexibility index (Phi) is 8.46. The summed E-state index contributed by atoms with van der Waals surface area (Å²) in [5, 5.41) is 11.2. The lowest BCUT2D eigenvalue weighted by atomic mass is 9.91. The van der Waals surface area contributed by atoms with Crippen molar-refractivity contribution >= 4 is 21.7 Å². The number of halogens is 4. The fourth-order valence-corrected chi connectivity index (χ4v) is 4.39. The van der Waals surface area contributed by atoms with E-state index in [2.05, 4.69) is 4.74 Å². The van der Waals surface area contributed by atoms with Crippen molar-refractivity contribution in [3.63, 3.8) is 0 Å². The Morgan fingerprint density at radius 1 is 1.18 bits per heavy atom. The first-order valence-electron chi connectivity index (χ1n) is 9.19. The zero-order chi connectivity index (χ0) is 24.8. The van der Waals surface area contributed by atoms with E-state index < -0.39 is 73.9 Å². The van der Waals surface area contributed by atoms with Gasteiger partial charge in [-0.15, -0.1) is 0 Å². The fraction of sp³-hybridized carbons (Fsp3) is 0.316. The van der Waals surface area contributed by atoms with Crippen LogP contribution >= 0.6 is 0 Å². The van der Waals surface area contributed by atoms with Gasteiger partial charge in [0, 0.05) is 11.6 Å². The van der Waals surface area contributed by atoms with E-state index in [1.54, 1.807) is 4.72 Å². The van der Waals surface area contributed by atoms with E-state index in [1.807, 2.05) is 0 Å². The molecule has 0 amide bonds. The Labute approximate surface area is 185 Å². The van der Waals surface area contributed by atoms with E-state index in [4.69, 9.17) is 4.74 Å². The van der Waals surface area contributed by atoms with E-state index in [1.165, 1.54) is 6.92 Å². The number of nitrogens with zero attached hydrogens (tertiary/aromatic N) is 1. The summed E-state index contributed by atoms with van der Waals surface area (Å²) in [6.45, 7) is -0.856. The summed E-state index contributed by atoms with van der Waals surface area (Å²) in [5.74, 6) is -4.35. The molecule has 0 aromatic heterocycles. The number of alkyl halides is 2. The normalized spacial score (nSPS) is 13.5. The van der Waals surface area contributed by atoms with Crippen molar-refractivity contribution in [2.75, 3.05) is 19.8 Å². The maximum atomic E-state index is 14.6. The summed E-state index contributed by atoms with van der Waals surface area (Å²) in [5.41, 5.74) is -5.34. The molecule has 0 saturated heterocycles. The van der Waals surface area contributed by atoms with Crippen molar-refractivity contribution in [2.24, 2.45) is 0 Å². The smallest absolute Gasteiger partial charge is 0.332 e. The standard InChI is InChI=1S/C19H18F4N2O7S/c1-2-32-16(26)10-31-11-19(18(22)23,12-6-5-7-13(20)17(12)21)24-33(29,30)15-9-4-3-8-14(15)25(27)28/h3-9,18,24H,2,10-11H2,1H3/t19-/m0/s1. The highest BCUT2D eigenvalue weighted by Gasteiger charge is 2.49. The summed E-state index contributed by atoms with van der Waals surface area (Å²) in [7, 11) is -5.13. The third-order valence-electron chi connectivity index (χ3n) is 4.33. The van der Waals surface area contributed by atoms with Crippen molar-refractivity contribution in [1.29, 1.82) is 0 Å². The van der Waals surface area contributed by atoms with Gasteiger partial charge in [0.2, 0.25) is 10.0 Å². The van der Waals surface area contributed by atoms with Crippen LogP contribution in [0.1, 0.15) is 12.5 Å². The number of sulfonamides is 1. The average Bonchev–Trinajstić information content (AvgIpc) is 2.75. The number of para-hydroxylation sites is 1. The number of hydrogen-bond acceptors (Lipinski definition) is 7. The Hall–Kier alpha value is -3.10. The topological polar surface area (TPSA) is 125 Å². The lowest BCUT2D eigenvalue weighted by molar-refractivity contribution is -0.387. The molecule has 0 aliphatic heterocycles. The lowest BCUT2D eigenvalue weighted by Gasteiger charge is -2.34. The first-order chi connectivity index (χ1) is 15.5. The first-order valence-corrected chi connectivity index (χ1v) is 10.7. The van der Waals surface area contributed by atoms with Crippen LogP contribution in [-0.4, -0.2) is 45.6 Å². The molecule has 0 saturated carbocycles. The average molecular weight is 494 g/mol. The number of carbonyl (C=O) groups is 1. The molecule has 2 rings (SSSR count). The number of nitrogens with one attached hydrogen (secondary N) is 1. The predicted molar refractivity (Wildman–Crippen MR) is 105 cm³/mol. The van der Waals surface area contributed by atoms with Gasteiger partial charge in [0.25, 0.3) is 12.1 Å². The number of ether oxygens (including phenoxy) is 2. The molecule has 180 valence electrons. The van der Waals surface area contributed by atoms with E-state index in [0.29, 0.717) is 12.1 Å². The van der Waals surface area contributed by atoms with Gasteiger partial charge in [-0.05, 0) is 19.1 Å². The van der Waals surface area contributed by atoms with Crippen LogP contribution in [0, 0.1) is 21.7 Å². The molecule has 0 aliphatic rings. The van der Waals surface area contributed by atoms with Gasteiger partial charge in [0.15, 0.2) is 16.5 Å². The minimum Gasteiger partial charge on any atom is -0.464 e. The van der Waals surface area contributed by atoms with Crippen LogP contribution in [0.4, 0.5) is 23.2 Å². The van der Waals surface area contributed by atoms with Gasteiger partial charge in [0.05, 0.1) is 18.1 Å². The molecular weight excluding hydrogens is 476 g/mol. The maximum Gasteiger partial charge on any atom is 0.332 e. The second-order valence-electron chi connectivity index (χ2n) is 6.50. The zero-order valence-corrected chi connectivity index (χ0v) is 17.8. The molecule has 1 atom stereocenters. The van der Waals surface area contributed by atoms with Gasteiger partial charge in [-0.25, -0.2) is 30.8 Å². The number of hydrogen-bond donors (Lipinski definition) is 1. The van der Waals surface area contributed by atoms with E-state index >= 15 is 0 Å². The zero-order valence-electron chi connectivity index (χ0n) is 17.0. The highest BCUT2D eigenvalue weighted by atomic mass is 32.2. The second-order valence-corrected chi connectivity index (χ2v) is 8.15. The molecule has 0 unspecified atom stereocenters. The summed E-state index contributed by atoms with van der Waals surface area (Å²) in [6, 6.07) is 6.01. The molecule has 33 heavy (non-hydrogen) atoms. The minimum atomic E-state index is -5.13. The summed E-state index contributed by atoms with van der Waals surface area (Å²) in [4.78, 5) is 20.7. The largest absolute Gasteiger partial charge is 0.464 e. The number of nitro groups is 1. The van der Waals surface area contributed by atoms with Crippen LogP contribution in [0.2, 0.25) is 0 Å². The molecule has 0 bridgehead atoms. The highest BCUT2D eigenvalue weighted by molar-refractivity contribution is 7.89. The van der Waals surface area contributed by atoms with Crippen molar-refractivity contribution in [1.82, 2.24) is 4.72 Å². The van der Waals surface area contributed by atoms with Gasteiger partial charge >= 0.3 is 5.97 Å². The van der Waals surface area contributed by atoms with Gasteiger partial charge in [-0.1, -0.05) is 24.3 Å². The Balaban J connectivity index is 2.62. The molecule has 0 spiro atoms. The molecule has 0 fully saturated rings. The fourth-order valence-electron chi connectivity index (χ4n) is 2.86. The van der Waals surface area contributed by atoms with Crippen LogP contribution in [0.3, 0.4) is 0 Å². The van der Waals surface area contributed by atoms with Crippen LogP contribution in [-0.2, 0) is 29.8 Å². The predicted octanol–water partition coefficient (Wildman–Crippen LogP) is 2.89. The monoisotopic (exact) mass is 494 g/mol. The number of esters is 1. The van der Waals surface area contributed by atoms with Gasteiger partial charge in [-0.2, -0.15) is 4.72 Å². The number of nitro benzene ring substituents is 1. The summed E-state index contributed by atoms with van der Waals surface area (Å²) in [6.07, 6.45) is -3.76. The van der Waals surface area contributed by atoms with Crippen molar-refractivity contribution in [3.05, 3.63) is 69.8 Å². The molecule has 14 heteroatoms. The van der Waals surface area contributed by atoms with Crippen LogP contribution in [0.5, 0.6) is 0 Å². The Morgan fingerprint density at radius 3 is 2.45 bits per heavy atom. The second kappa shape index (κ2) is 10.7. The molecule has 2 aromatic carbocycles. The molecule has 0 radical (unpaired) electrons. The van der Waals surface area contributed by atoms with Crippen LogP contribution < -0.4 is 4.72 Å².